The van der Waals surface area contributed by atoms with Crippen molar-refractivity contribution in [1.29, 1.82) is 0 Å². The Bertz CT molecular complexity index is 1040. The molecule has 1 aromatic rings. The van der Waals surface area contributed by atoms with Gasteiger partial charge < -0.3 is 44.2 Å². The van der Waals surface area contributed by atoms with Crippen LogP contribution in [0.15, 0.2) is 17.7 Å². The molecule has 0 radical (unpaired) electrons. The number of benzene rings is 1. The zero-order valence-electron chi connectivity index (χ0n) is 22.8. The summed E-state index contributed by atoms with van der Waals surface area (Å²) in [5.74, 6) is 0.670. The van der Waals surface area contributed by atoms with Crippen molar-refractivity contribution in [2.24, 2.45) is 5.92 Å². The van der Waals surface area contributed by atoms with Gasteiger partial charge in [0.2, 0.25) is 5.75 Å². The van der Waals surface area contributed by atoms with Crippen molar-refractivity contribution < 1.29 is 38.0 Å². The van der Waals surface area contributed by atoms with E-state index in [1.54, 1.807) is 13.2 Å². The highest BCUT2D eigenvalue weighted by molar-refractivity contribution is 5.84. The lowest BCUT2D eigenvalue weighted by atomic mass is 9.68. The van der Waals surface area contributed by atoms with E-state index >= 15 is 0 Å². The van der Waals surface area contributed by atoms with Gasteiger partial charge in [0.25, 0.3) is 0 Å². The molecule has 1 aliphatic carbocycles. The number of carbonyl (C=O) groups excluding carboxylic acids is 1. The fourth-order valence-electron chi connectivity index (χ4n) is 5.80. The van der Waals surface area contributed by atoms with Crippen molar-refractivity contribution >= 4 is 17.3 Å². The molecule has 206 valence electrons. The van der Waals surface area contributed by atoms with Gasteiger partial charge in [0, 0.05) is 13.2 Å². The summed E-state index contributed by atoms with van der Waals surface area (Å²) in [5, 5.41) is 3.04. The molecule has 1 aromatic carbocycles. The Balaban J connectivity index is 1.45. The van der Waals surface area contributed by atoms with Gasteiger partial charge in [-0.05, 0) is 40.0 Å². The smallest absolute Gasteiger partial charge is 0.325 e. The lowest BCUT2D eigenvalue weighted by Gasteiger charge is -2.42. The number of nitrogens with one attached hydrogen (secondary N) is 1. The molecule has 1 saturated carbocycles. The maximum absolute atomic E-state index is 13.0. The van der Waals surface area contributed by atoms with Gasteiger partial charge in [-0.15, -0.1) is 0 Å². The number of anilines is 2. The fourth-order valence-corrected chi connectivity index (χ4v) is 5.80. The minimum atomic E-state index is -0.433. The largest absolute Gasteiger partial charge is 0.493 e. The van der Waals surface area contributed by atoms with Crippen LogP contribution in [0.4, 0.5) is 11.4 Å². The maximum atomic E-state index is 13.0. The summed E-state index contributed by atoms with van der Waals surface area (Å²) in [6.07, 6.45) is 3.79. The average Bonchev–Trinajstić information content (AvgIpc) is 3.79. The van der Waals surface area contributed by atoms with Crippen LogP contribution in [0.3, 0.4) is 0 Å². The summed E-state index contributed by atoms with van der Waals surface area (Å²) < 4.78 is 40.4. The Morgan fingerprint density at radius 2 is 1.89 bits per heavy atom. The molecular weight excluding hydrogens is 480 g/mol. The molecule has 2 saturated heterocycles. The number of esters is 1. The van der Waals surface area contributed by atoms with Crippen LogP contribution in [0.2, 0.25) is 0 Å². The van der Waals surface area contributed by atoms with Crippen molar-refractivity contribution in [2.75, 3.05) is 52.6 Å². The number of hydrogen-bond donors (Lipinski definition) is 2. The van der Waals surface area contributed by atoms with Crippen LogP contribution in [0.5, 0.6) is 17.2 Å². The number of methoxy groups -OCH3 is 4. The molecule has 2 aliphatic heterocycles. The van der Waals surface area contributed by atoms with Gasteiger partial charge in [0.1, 0.15) is 35.6 Å². The van der Waals surface area contributed by atoms with Crippen LogP contribution in [-0.4, -0.2) is 77.1 Å². The molecule has 0 bridgehead atoms. The van der Waals surface area contributed by atoms with E-state index in [9.17, 15) is 4.79 Å². The summed E-state index contributed by atoms with van der Waals surface area (Å²) in [6, 6.07) is 1.61. The van der Waals surface area contributed by atoms with E-state index in [-0.39, 0.29) is 30.3 Å². The lowest BCUT2D eigenvalue weighted by Crippen LogP contribution is -2.55. The summed E-state index contributed by atoms with van der Waals surface area (Å²) in [5.41, 5.74) is 7.55. The third kappa shape index (κ3) is 5.19. The Labute approximate surface area is 218 Å². The first-order valence-corrected chi connectivity index (χ1v) is 12.6. The topological polar surface area (TPSA) is 126 Å². The van der Waals surface area contributed by atoms with Crippen LogP contribution < -0.4 is 25.3 Å². The number of carbonyl (C=O) groups is 1. The number of ether oxygens (including phenoxy) is 7. The normalized spacial score (nSPS) is 31.9. The molecule has 0 amide bonds. The molecule has 0 aromatic heterocycles. The molecule has 0 unspecified atom stereocenters. The number of hydrogen-bond acceptors (Lipinski definition) is 10. The lowest BCUT2D eigenvalue weighted by molar-refractivity contribution is -0.170. The van der Waals surface area contributed by atoms with Crippen LogP contribution in [0, 0.1) is 5.92 Å². The first-order chi connectivity index (χ1) is 17.6. The molecule has 10 nitrogen and oxygen atoms in total. The molecule has 3 aliphatic rings. The van der Waals surface area contributed by atoms with Gasteiger partial charge in [-0.2, -0.15) is 0 Å². The SMILES string of the molecule is COc1cc(N)c(NCC(=O)O[C@@H]2CC[C@]3(CO3)[C@@H]([C@]3(C)O[C@@H]3CC=C(C)C)[C@@H]2OC)c(OC)c1OC. The van der Waals surface area contributed by atoms with Crippen LogP contribution in [0.25, 0.3) is 0 Å². The second-order valence-electron chi connectivity index (χ2n) is 10.4. The molecule has 6 atom stereocenters. The van der Waals surface area contributed by atoms with Crippen molar-refractivity contribution in [3.63, 3.8) is 0 Å². The zero-order valence-corrected chi connectivity index (χ0v) is 22.8. The van der Waals surface area contributed by atoms with Gasteiger partial charge in [0.05, 0.1) is 45.6 Å². The molecular formula is C27H40N2O8. The van der Waals surface area contributed by atoms with Crippen LogP contribution in [-0.2, 0) is 23.7 Å². The summed E-state index contributed by atoms with van der Waals surface area (Å²) >= 11 is 0. The third-order valence-corrected chi connectivity index (χ3v) is 7.79. The van der Waals surface area contributed by atoms with Crippen molar-refractivity contribution in [1.82, 2.24) is 0 Å². The van der Waals surface area contributed by atoms with E-state index < -0.39 is 17.7 Å². The minimum Gasteiger partial charge on any atom is -0.493 e. The summed E-state index contributed by atoms with van der Waals surface area (Å²) in [6.45, 7) is 6.84. The van der Waals surface area contributed by atoms with Gasteiger partial charge in [-0.25, -0.2) is 0 Å². The standard InChI is InChI=1S/C27H40N2O8/c1-15(2)8-9-19-26(3,37-19)25-23(33-6)17(10-11-27(25)14-35-27)36-20(30)13-29-21-16(28)12-18(31-4)22(32-5)24(21)34-7/h8,12,17,19,23,25,29H,9-11,13-14,28H2,1-7H3/t17-,19-,23-,25-,26-,27+/m1/s1. The van der Waals surface area contributed by atoms with Gasteiger partial charge in [-0.1, -0.05) is 11.6 Å². The van der Waals surface area contributed by atoms with Gasteiger partial charge >= 0.3 is 5.97 Å². The molecule has 10 heteroatoms. The molecule has 3 fully saturated rings. The summed E-state index contributed by atoms with van der Waals surface area (Å²) in [7, 11) is 6.17. The fraction of sp³-hybridized carbons (Fsp3) is 0.667. The van der Waals surface area contributed by atoms with E-state index in [0.717, 1.165) is 12.8 Å². The second-order valence-corrected chi connectivity index (χ2v) is 10.4. The highest BCUT2D eigenvalue weighted by Crippen LogP contribution is 2.59. The van der Waals surface area contributed by atoms with Crippen LogP contribution in [0.1, 0.15) is 40.0 Å². The van der Waals surface area contributed by atoms with E-state index in [4.69, 9.17) is 38.9 Å². The predicted octanol–water partition coefficient (Wildman–Crippen LogP) is 3.33. The molecule has 4 rings (SSSR count). The third-order valence-electron chi connectivity index (χ3n) is 7.79. The van der Waals surface area contributed by atoms with E-state index in [0.29, 0.717) is 41.7 Å². The molecule has 37 heavy (non-hydrogen) atoms. The summed E-state index contributed by atoms with van der Waals surface area (Å²) in [4.78, 5) is 13.0. The van der Waals surface area contributed by atoms with Crippen molar-refractivity contribution in [3.05, 3.63) is 17.7 Å². The maximum Gasteiger partial charge on any atom is 0.325 e. The Kier molecular flexibility index (Phi) is 7.83. The van der Waals surface area contributed by atoms with Crippen molar-refractivity contribution in [3.8, 4) is 17.2 Å². The monoisotopic (exact) mass is 520 g/mol. The van der Waals surface area contributed by atoms with E-state index in [1.807, 2.05) is 0 Å². The average molecular weight is 521 g/mol. The zero-order chi connectivity index (χ0) is 27.0. The van der Waals surface area contributed by atoms with Gasteiger partial charge in [0.15, 0.2) is 11.5 Å². The number of nitrogen functional groups attached to an aromatic ring is 1. The highest BCUT2D eigenvalue weighted by atomic mass is 16.6. The molecule has 2 heterocycles. The minimum absolute atomic E-state index is 0.0401. The van der Waals surface area contributed by atoms with Gasteiger partial charge in [-0.3, -0.25) is 4.79 Å². The number of nitrogens with two attached hydrogens (primary N) is 1. The van der Waals surface area contributed by atoms with E-state index in [2.05, 4.69) is 32.2 Å². The number of rotatable bonds is 11. The Morgan fingerprint density at radius 3 is 2.46 bits per heavy atom. The quantitative estimate of drug-likeness (QED) is 0.194. The highest BCUT2D eigenvalue weighted by Gasteiger charge is 2.72. The van der Waals surface area contributed by atoms with Crippen LogP contribution >= 0.6 is 0 Å². The van der Waals surface area contributed by atoms with Crippen molar-refractivity contribution in [2.45, 2.75) is 69.5 Å². The molecule has 3 N–H and O–H groups in total. The number of allylic oxidation sites excluding steroid dienone is 1. The number of epoxide rings is 2. The first kappa shape index (κ1) is 27.3. The first-order valence-electron chi connectivity index (χ1n) is 12.6. The Morgan fingerprint density at radius 1 is 1.19 bits per heavy atom. The molecule has 1 spiro atoms. The predicted molar refractivity (Wildman–Crippen MR) is 138 cm³/mol. The van der Waals surface area contributed by atoms with E-state index in [1.165, 1.54) is 26.9 Å². The Hall–Kier alpha value is -2.69. The second kappa shape index (κ2) is 10.6.